The largest absolute Gasteiger partial charge is 0.358 e. The molecule has 0 aromatic heterocycles. The molecule has 0 saturated heterocycles. The van der Waals surface area contributed by atoms with E-state index >= 15 is 0 Å². The fourth-order valence-corrected chi connectivity index (χ4v) is 4.69. The van der Waals surface area contributed by atoms with Crippen molar-refractivity contribution in [3.63, 3.8) is 0 Å². The molecule has 2 rings (SSSR count). The number of carbonyl (C=O) groups excluding carboxylic acids is 2. The van der Waals surface area contributed by atoms with E-state index in [2.05, 4.69) is 0 Å². The minimum Gasteiger partial charge on any atom is -0.358 e. The van der Waals surface area contributed by atoms with Gasteiger partial charge in [-0.05, 0) is 35.9 Å². The molecular formula is C23H37Cl2O6P2-. The first-order valence-corrected chi connectivity index (χ1v) is 12.3. The first-order valence-electron chi connectivity index (χ1n) is 9.17. The van der Waals surface area contributed by atoms with Crippen LogP contribution in [0.2, 0.25) is 0 Å². The maximum Gasteiger partial charge on any atom is 0.295 e. The summed E-state index contributed by atoms with van der Waals surface area (Å²) in [4.78, 5) is 21.1. The fraction of sp³-hybridized carbons (Fsp3) is 0.348. The zero-order valence-corrected chi connectivity index (χ0v) is 22.7. The molecule has 0 amide bonds. The van der Waals surface area contributed by atoms with Gasteiger partial charge in [0.05, 0.1) is 0 Å². The SMILES string of the molecule is C.CCC(=O)Cl.CCC(=O)P(=O)(OC)c1ccccc1.COP(OC)c1ccccc1.Cl.[CH3-]. The van der Waals surface area contributed by atoms with Crippen LogP contribution in [0.4, 0.5) is 0 Å². The van der Waals surface area contributed by atoms with Crippen LogP contribution in [0.3, 0.4) is 0 Å². The Balaban J connectivity index is -0.000000200. The van der Waals surface area contributed by atoms with E-state index in [-0.39, 0.29) is 44.4 Å². The first kappa shape index (κ1) is 39.1. The van der Waals surface area contributed by atoms with Crippen molar-refractivity contribution in [1.29, 1.82) is 0 Å². The molecule has 1 atom stereocenters. The zero-order valence-electron chi connectivity index (χ0n) is 19.3. The quantitative estimate of drug-likeness (QED) is 0.208. The second-order valence-electron chi connectivity index (χ2n) is 5.48. The van der Waals surface area contributed by atoms with Crippen LogP contribution < -0.4 is 10.6 Å². The molecule has 190 valence electrons. The Morgan fingerprint density at radius 3 is 1.58 bits per heavy atom. The second-order valence-corrected chi connectivity index (χ2v) is 10.1. The van der Waals surface area contributed by atoms with E-state index in [0.29, 0.717) is 11.7 Å². The lowest BCUT2D eigenvalue weighted by molar-refractivity contribution is -0.112. The third kappa shape index (κ3) is 14.7. The summed E-state index contributed by atoms with van der Waals surface area (Å²) in [5, 5.41) is 1.30. The minimum atomic E-state index is -3.28. The molecule has 6 nitrogen and oxygen atoms in total. The summed E-state index contributed by atoms with van der Waals surface area (Å²) >= 11 is 4.82. The minimum absolute atomic E-state index is 0. The van der Waals surface area contributed by atoms with Crippen molar-refractivity contribution >= 4 is 61.1 Å². The Labute approximate surface area is 212 Å². The molecule has 0 fully saturated rings. The fourth-order valence-electron chi connectivity index (χ4n) is 2.02. The van der Waals surface area contributed by atoms with Crippen LogP contribution in [0.15, 0.2) is 60.7 Å². The van der Waals surface area contributed by atoms with Crippen molar-refractivity contribution < 1.29 is 27.7 Å². The molecule has 0 spiro atoms. The van der Waals surface area contributed by atoms with Gasteiger partial charge >= 0.3 is 0 Å². The average molecular weight is 542 g/mol. The molecule has 10 heteroatoms. The van der Waals surface area contributed by atoms with Crippen molar-refractivity contribution in [2.24, 2.45) is 0 Å². The number of carbonyl (C=O) groups is 2. The third-order valence-electron chi connectivity index (χ3n) is 3.56. The summed E-state index contributed by atoms with van der Waals surface area (Å²) in [5.74, 6) is 0. The molecule has 2 aromatic carbocycles. The maximum absolute atomic E-state index is 12.1. The summed E-state index contributed by atoms with van der Waals surface area (Å²) < 4.78 is 27.3. The Kier molecular flexibility index (Phi) is 26.9. The van der Waals surface area contributed by atoms with E-state index < -0.39 is 15.7 Å². The van der Waals surface area contributed by atoms with Gasteiger partial charge in [0.2, 0.25) is 19.1 Å². The van der Waals surface area contributed by atoms with Crippen molar-refractivity contribution in [2.45, 2.75) is 34.1 Å². The molecule has 1 unspecified atom stereocenters. The van der Waals surface area contributed by atoms with Gasteiger partial charge in [0.15, 0.2) is 0 Å². The number of hydrogen-bond acceptors (Lipinski definition) is 6. The first-order chi connectivity index (χ1) is 14.3. The lowest BCUT2D eigenvalue weighted by atomic mass is 10.4. The number of hydrogen-bond donors (Lipinski definition) is 0. The molecule has 0 heterocycles. The van der Waals surface area contributed by atoms with Gasteiger partial charge < -0.3 is 21.0 Å². The van der Waals surface area contributed by atoms with E-state index in [4.69, 9.17) is 25.2 Å². The molecule has 0 aliphatic heterocycles. The molecular weight excluding hydrogens is 505 g/mol. The topological polar surface area (TPSA) is 78.9 Å². The second kappa shape index (κ2) is 22.7. The highest BCUT2D eigenvalue weighted by molar-refractivity contribution is 7.82. The molecule has 0 saturated carbocycles. The van der Waals surface area contributed by atoms with Crippen molar-refractivity contribution in [3.05, 3.63) is 68.1 Å². The van der Waals surface area contributed by atoms with E-state index in [0.717, 1.165) is 5.30 Å². The summed E-state index contributed by atoms with van der Waals surface area (Å²) in [6.45, 7) is 3.40. The standard InChI is InChI=1S/C10H13O3P.C8H11O2P.C3H5ClO.CH4.CH3.ClH/c1-3-10(11)14(12,13-2)9-7-5-4-6-8-9;1-9-11(10-2)8-6-4-3-5-7-8;1-2-3(4)5;;;/h4-8H,3H2,1-2H3;3-7H,1-2H3;2H2,1H3;1H4;1H3;1H/q;;;;-1;. The van der Waals surface area contributed by atoms with Gasteiger partial charge in [0.25, 0.3) is 7.37 Å². The predicted octanol–water partition coefficient (Wildman–Crippen LogP) is 6.76. The van der Waals surface area contributed by atoms with E-state index in [1.165, 1.54) is 7.11 Å². The van der Waals surface area contributed by atoms with Crippen LogP contribution in [0.1, 0.15) is 34.1 Å². The molecule has 0 radical (unpaired) electrons. The summed E-state index contributed by atoms with van der Waals surface area (Å²) in [6.07, 6.45) is 0.654. The van der Waals surface area contributed by atoms with Gasteiger partial charge in [-0.2, -0.15) is 0 Å². The number of halogens is 2. The monoisotopic (exact) mass is 541 g/mol. The predicted molar refractivity (Wildman–Crippen MR) is 145 cm³/mol. The van der Waals surface area contributed by atoms with Gasteiger partial charge in [0, 0.05) is 44.8 Å². The lowest BCUT2D eigenvalue weighted by Gasteiger charge is -2.13. The molecule has 0 bridgehead atoms. The average Bonchev–Trinajstić information content (AvgIpc) is 2.80. The van der Waals surface area contributed by atoms with E-state index in [9.17, 15) is 14.2 Å². The van der Waals surface area contributed by atoms with Crippen LogP contribution in [0.25, 0.3) is 0 Å². The normalized spacial score (nSPS) is 10.9. The Hall–Kier alpha value is -1.10. The third-order valence-corrected chi connectivity index (χ3v) is 7.68. The van der Waals surface area contributed by atoms with Gasteiger partial charge in [-0.25, -0.2) is 0 Å². The highest BCUT2D eigenvalue weighted by Crippen LogP contribution is 2.46. The lowest BCUT2D eigenvalue weighted by Crippen LogP contribution is -2.13. The van der Waals surface area contributed by atoms with Gasteiger partial charge in [-0.3, -0.25) is 14.2 Å². The molecule has 33 heavy (non-hydrogen) atoms. The van der Waals surface area contributed by atoms with Crippen LogP contribution in [0, 0.1) is 7.43 Å². The van der Waals surface area contributed by atoms with Crippen LogP contribution in [-0.2, 0) is 27.7 Å². The Bertz CT molecular complexity index is 788. The summed E-state index contributed by atoms with van der Waals surface area (Å²) in [7, 11) is 0.483. The van der Waals surface area contributed by atoms with Gasteiger partial charge in [-0.1, -0.05) is 57.7 Å². The smallest absolute Gasteiger partial charge is 0.295 e. The zero-order chi connectivity index (χ0) is 23.0. The van der Waals surface area contributed by atoms with Crippen molar-refractivity contribution in [2.75, 3.05) is 21.3 Å². The molecule has 0 N–H and O–H groups in total. The summed E-state index contributed by atoms with van der Waals surface area (Å²) in [5.41, 5.74) is -0.341. The molecule has 0 aliphatic carbocycles. The molecule has 2 aromatic rings. The van der Waals surface area contributed by atoms with Crippen LogP contribution >= 0.6 is 39.8 Å². The van der Waals surface area contributed by atoms with Gasteiger partial charge in [-0.15, -0.1) is 12.4 Å². The maximum atomic E-state index is 12.1. The highest BCUT2D eigenvalue weighted by Gasteiger charge is 2.31. The van der Waals surface area contributed by atoms with E-state index in [1.807, 2.05) is 30.3 Å². The Morgan fingerprint density at radius 2 is 1.27 bits per heavy atom. The van der Waals surface area contributed by atoms with Crippen molar-refractivity contribution in [1.82, 2.24) is 0 Å². The molecule has 0 aliphatic rings. The van der Waals surface area contributed by atoms with Crippen molar-refractivity contribution in [3.8, 4) is 0 Å². The highest BCUT2D eigenvalue weighted by atomic mass is 35.5. The number of rotatable bonds is 8. The van der Waals surface area contributed by atoms with Gasteiger partial charge in [0.1, 0.15) is 0 Å². The number of benzene rings is 2. The Morgan fingerprint density at radius 1 is 0.879 bits per heavy atom. The summed E-state index contributed by atoms with van der Waals surface area (Å²) in [6, 6.07) is 18.5. The van der Waals surface area contributed by atoms with E-state index in [1.54, 1.807) is 58.4 Å². The van der Waals surface area contributed by atoms with Crippen LogP contribution in [0.5, 0.6) is 0 Å². The van der Waals surface area contributed by atoms with Crippen LogP contribution in [-0.4, -0.2) is 32.1 Å².